The van der Waals surface area contributed by atoms with Crippen molar-refractivity contribution in [1.82, 2.24) is 5.32 Å². The number of carbonyl (C=O) groups is 1. The van der Waals surface area contributed by atoms with E-state index in [1.165, 1.54) is 7.11 Å². The van der Waals surface area contributed by atoms with Gasteiger partial charge in [-0.05, 0) is 18.1 Å². The van der Waals surface area contributed by atoms with Gasteiger partial charge in [-0.3, -0.25) is 4.79 Å². The highest BCUT2D eigenvalue weighted by Gasteiger charge is 2.11. The largest absolute Gasteiger partial charge is 0.380 e. The van der Waals surface area contributed by atoms with Crippen LogP contribution in [0.15, 0.2) is 18.2 Å². The standard InChI is InChI=1S/C13H18Cl2N2O2.ClH/c1-19-10(8-16)7-12(18)17-6-5-9-3-2-4-11(14)13(9)15;/h2-4,10H,5-8,16H2,1H3,(H,17,18);1H. The molecular formula is C13H19Cl3N2O2. The number of nitrogens with two attached hydrogens (primary N) is 1. The molecule has 0 aliphatic rings. The van der Waals surface area contributed by atoms with Crippen molar-refractivity contribution in [2.24, 2.45) is 5.73 Å². The Morgan fingerprint density at radius 1 is 1.45 bits per heavy atom. The fraction of sp³-hybridized carbons (Fsp3) is 0.462. The van der Waals surface area contributed by atoms with Gasteiger partial charge in [-0.25, -0.2) is 0 Å². The number of amides is 1. The van der Waals surface area contributed by atoms with Gasteiger partial charge in [0.05, 0.1) is 22.6 Å². The lowest BCUT2D eigenvalue weighted by Gasteiger charge is -2.12. The van der Waals surface area contributed by atoms with Gasteiger partial charge in [-0.1, -0.05) is 35.3 Å². The van der Waals surface area contributed by atoms with Crippen molar-refractivity contribution in [3.8, 4) is 0 Å². The van der Waals surface area contributed by atoms with Gasteiger partial charge in [0.2, 0.25) is 5.91 Å². The smallest absolute Gasteiger partial charge is 0.222 e. The molecule has 0 bridgehead atoms. The van der Waals surface area contributed by atoms with Gasteiger partial charge < -0.3 is 15.8 Å². The van der Waals surface area contributed by atoms with E-state index in [1.54, 1.807) is 6.07 Å². The summed E-state index contributed by atoms with van der Waals surface area (Å²) in [4.78, 5) is 11.6. The van der Waals surface area contributed by atoms with Crippen molar-refractivity contribution in [2.45, 2.75) is 18.9 Å². The summed E-state index contributed by atoms with van der Waals surface area (Å²) in [7, 11) is 1.54. The first-order valence-corrected chi connectivity index (χ1v) is 6.76. The van der Waals surface area contributed by atoms with Crippen molar-refractivity contribution in [1.29, 1.82) is 0 Å². The average molecular weight is 342 g/mol. The topological polar surface area (TPSA) is 64.3 Å². The minimum atomic E-state index is -0.241. The van der Waals surface area contributed by atoms with Gasteiger partial charge in [0.1, 0.15) is 0 Å². The third-order valence-electron chi connectivity index (χ3n) is 2.76. The lowest BCUT2D eigenvalue weighted by Crippen LogP contribution is -2.33. The van der Waals surface area contributed by atoms with Gasteiger partial charge in [0.15, 0.2) is 0 Å². The van der Waals surface area contributed by atoms with Crippen molar-refractivity contribution < 1.29 is 9.53 Å². The Labute approximate surface area is 135 Å². The van der Waals surface area contributed by atoms with Crippen LogP contribution in [0.5, 0.6) is 0 Å². The molecule has 1 aromatic carbocycles. The quantitative estimate of drug-likeness (QED) is 0.800. The second-order valence-electron chi connectivity index (χ2n) is 4.11. The highest BCUT2D eigenvalue weighted by Crippen LogP contribution is 2.25. The Kier molecular flexibility index (Phi) is 9.98. The predicted octanol–water partition coefficient (Wildman–Crippen LogP) is 2.44. The van der Waals surface area contributed by atoms with E-state index in [-0.39, 0.29) is 30.8 Å². The molecule has 1 amide bonds. The highest BCUT2D eigenvalue weighted by molar-refractivity contribution is 6.42. The second-order valence-corrected chi connectivity index (χ2v) is 4.90. The van der Waals surface area contributed by atoms with Crippen LogP contribution in [0, 0.1) is 0 Å². The van der Waals surface area contributed by atoms with Crippen LogP contribution in [0.3, 0.4) is 0 Å². The molecule has 0 aromatic heterocycles. The maximum absolute atomic E-state index is 11.6. The minimum absolute atomic E-state index is 0. The van der Waals surface area contributed by atoms with Crippen LogP contribution in [-0.2, 0) is 16.0 Å². The Bertz CT molecular complexity index is 426. The normalized spacial score (nSPS) is 11.6. The molecule has 7 heteroatoms. The number of carbonyl (C=O) groups excluding carboxylic acids is 1. The Morgan fingerprint density at radius 3 is 2.75 bits per heavy atom. The van der Waals surface area contributed by atoms with Crippen LogP contribution in [0.1, 0.15) is 12.0 Å². The zero-order valence-corrected chi connectivity index (χ0v) is 13.5. The summed E-state index contributed by atoms with van der Waals surface area (Å²) in [6, 6.07) is 5.45. The number of benzene rings is 1. The minimum Gasteiger partial charge on any atom is -0.380 e. The van der Waals surface area contributed by atoms with Gasteiger partial charge >= 0.3 is 0 Å². The molecule has 0 heterocycles. The Hall–Kier alpha value is -0.520. The van der Waals surface area contributed by atoms with Gasteiger partial charge in [0, 0.05) is 20.2 Å². The van der Waals surface area contributed by atoms with E-state index in [1.807, 2.05) is 12.1 Å². The molecule has 20 heavy (non-hydrogen) atoms. The van der Waals surface area contributed by atoms with Crippen molar-refractivity contribution in [2.75, 3.05) is 20.2 Å². The molecule has 1 rings (SSSR count). The van der Waals surface area contributed by atoms with Crippen LogP contribution in [-0.4, -0.2) is 32.2 Å². The van der Waals surface area contributed by atoms with Crippen molar-refractivity contribution in [3.63, 3.8) is 0 Å². The number of rotatable bonds is 7. The third kappa shape index (κ3) is 6.29. The highest BCUT2D eigenvalue weighted by atomic mass is 35.5. The summed E-state index contributed by atoms with van der Waals surface area (Å²) in [5.74, 6) is -0.0875. The first kappa shape index (κ1) is 19.5. The van der Waals surface area contributed by atoms with E-state index in [0.29, 0.717) is 29.6 Å². The molecule has 114 valence electrons. The van der Waals surface area contributed by atoms with Gasteiger partial charge in [0.25, 0.3) is 0 Å². The molecule has 0 saturated carbocycles. The summed E-state index contributed by atoms with van der Waals surface area (Å²) in [6.45, 7) is 0.823. The van der Waals surface area contributed by atoms with Crippen molar-refractivity contribution >= 4 is 41.5 Å². The molecule has 0 radical (unpaired) electrons. The molecule has 0 aliphatic heterocycles. The van der Waals surface area contributed by atoms with Crippen LogP contribution >= 0.6 is 35.6 Å². The van der Waals surface area contributed by atoms with Crippen LogP contribution < -0.4 is 11.1 Å². The summed E-state index contributed by atoms with van der Waals surface area (Å²) < 4.78 is 5.05. The zero-order chi connectivity index (χ0) is 14.3. The molecule has 0 saturated heterocycles. The van der Waals surface area contributed by atoms with E-state index in [4.69, 9.17) is 33.7 Å². The summed E-state index contributed by atoms with van der Waals surface area (Å²) in [5, 5.41) is 3.86. The molecule has 4 nitrogen and oxygen atoms in total. The molecule has 0 aliphatic carbocycles. The molecule has 1 unspecified atom stereocenters. The van der Waals surface area contributed by atoms with Crippen LogP contribution in [0.25, 0.3) is 0 Å². The average Bonchev–Trinajstić information content (AvgIpc) is 2.41. The lowest BCUT2D eigenvalue weighted by atomic mass is 10.1. The zero-order valence-electron chi connectivity index (χ0n) is 11.2. The number of methoxy groups -OCH3 is 1. The molecular weight excluding hydrogens is 323 g/mol. The Balaban J connectivity index is 0.00000361. The first-order chi connectivity index (χ1) is 9.08. The molecule has 3 N–H and O–H groups in total. The van der Waals surface area contributed by atoms with Crippen LogP contribution in [0.4, 0.5) is 0 Å². The summed E-state index contributed by atoms with van der Waals surface area (Å²) >= 11 is 12.0. The number of hydrogen-bond acceptors (Lipinski definition) is 3. The number of nitrogens with one attached hydrogen (secondary N) is 1. The number of halogens is 3. The fourth-order valence-corrected chi connectivity index (χ4v) is 2.03. The number of ether oxygens (including phenoxy) is 1. The predicted molar refractivity (Wildman–Crippen MR) is 84.9 cm³/mol. The maximum atomic E-state index is 11.6. The van der Waals surface area contributed by atoms with E-state index < -0.39 is 0 Å². The first-order valence-electron chi connectivity index (χ1n) is 6.01. The molecule has 0 fully saturated rings. The maximum Gasteiger partial charge on any atom is 0.222 e. The fourth-order valence-electron chi connectivity index (χ4n) is 1.62. The molecule has 0 spiro atoms. The van der Waals surface area contributed by atoms with Crippen molar-refractivity contribution in [3.05, 3.63) is 33.8 Å². The van der Waals surface area contributed by atoms with E-state index in [0.717, 1.165) is 5.56 Å². The number of hydrogen-bond donors (Lipinski definition) is 2. The molecule has 1 atom stereocenters. The second kappa shape index (κ2) is 10.2. The van der Waals surface area contributed by atoms with E-state index in [2.05, 4.69) is 5.32 Å². The van der Waals surface area contributed by atoms with E-state index in [9.17, 15) is 4.79 Å². The van der Waals surface area contributed by atoms with Gasteiger partial charge in [-0.15, -0.1) is 12.4 Å². The van der Waals surface area contributed by atoms with Gasteiger partial charge in [-0.2, -0.15) is 0 Å². The Morgan fingerprint density at radius 2 is 2.15 bits per heavy atom. The van der Waals surface area contributed by atoms with Crippen LogP contribution in [0.2, 0.25) is 10.0 Å². The SMILES string of the molecule is COC(CN)CC(=O)NCCc1cccc(Cl)c1Cl.Cl. The third-order valence-corrected chi connectivity index (χ3v) is 3.62. The lowest BCUT2D eigenvalue weighted by molar-refractivity contribution is -0.123. The summed E-state index contributed by atoms with van der Waals surface area (Å²) in [6.07, 6.45) is 0.650. The summed E-state index contributed by atoms with van der Waals surface area (Å²) in [5.41, 5.74) is 6.36. The van der Waals surface area contributed by atoms with E-state index >= 15 is 0 Å². The molecule has 1 aromatic rings. The monoisotopic (exact) mass is 340 g/mol.